The lowest BCUT2D eigenvalue weighted by Gasteiger charge is -2.38. The first-order chi connectivity index (χ1) is 18.9. The molecule has 1 heterocycles. The third-order valence-corrected chi connectivity index (χ3v) is 11.2. The molecule has 0 amide bonds. The van der Waals surface area contributed by atoms with E-state index in [-0.39, 0.29) is 5.92 Å². The Balaban J connectivity index is 1.51. The Morgan fingerprint density at radius 1 is 0.923 bits per heavy atom. The van der Waals surface area contributed by atoms with Crippen molar-refractivity contribution in [2.45, 2.75) is 58.1 Å². The normalized spacial score (nSPS) is 15.8. The second-order valence-electron chi connectivity index (χ2n) is 10.3. The van der Waals surface area contributed by atoms with Crippen molar-refractivity contribution in [3.63, 3.8) is 0 Å². The van der Waals surface area contributed by atoms with Crippen LogP contribution in [0.15, 0.2) is 95.5 Å². The van der Waals surface area contributed by atoms with Crippen LogP contribution >= 0.6 is 23.3 Å². The largest absolute Gasteiger partial charge is 0.302 e. The molecule has 3 aromatic carbocycles. The van der Waals surface area contributed by atoms with Crippen LogP contribution in [0.3, 0.4) is 0 Å². The summed E-state index contributed by atoms with van der Waals surface area (Å²) in [6.45, 7) is 4.50. The molecule has 0 bridgehead atoms. The zero-order chi connectivity index (χ0) is 27.3. The first kappa shape index (κ1) is 27.7. The number of hydrogen-bond donors (Lipinski definition) is 0. The number of aromatic nitrogens is 2. The molecule has 200 valence electrons. The molecular weight excluding hydrogens is 567 g/mol. The molecular formula is C33H34BrN2O2P. The fourth-order valence-electron chi connectivity index (χ4n) is 5.37. The van der Waals surface area contributed by atoms with Crippen molar-refractivity contribution in [1.29, 1.82) is 0 Å². The summed E-state index contributed by atoms with van der Waals surface area (Å²) in [6.07, 6.45) is 5.52. The van der Waals surface area contributed by atoms with Gasteiger partial charge in [-0.3, -0.25) is 9.25 Å². The van der Waals surface area contributed by atoms with Crippen molar-refractivity contribution in [1.82, 2.24) is 9.78 Å². The van der Waals surface area contributed by atoms with Crippen LogP contribution in [-0.4, -0.2) is 15.4 Å². The van der Waals surface area contributed by atoms with E-state index in [1.54, 1.807) is 0 Å². The topological polar surface area (TPSA) is 44.1 Å². The van der Waals surface area contributed by atoms with Gasteiger partial charge in [0.05, 0.1) is 10.2 Å². The van der Waals surface area contributed by atoms with Gasteiger partial charge in [-0.05, 0) is 72.8 Å². The molecule has 1 aliphatic carbocycles. The minimum atomic E-state index is -3.41. The molecule has 39 heavy (non-hydrogen) atoms. The molecule has 1 saturated carbocycles. The van der Waals surface area contributed by atoms with Crippen LogP contribution in [0.2, 0.25) is 0 Å². The van der Waals surface area contributed by atoms with E-state index >= 15 is 0 Å². The van der Waals surface area contributed by atoms with Crippen LogP contribution in [0.1, 0.15) is 44.7 Å². The van der Waals surface area contributed by atoms with Crippen LogP contribution in [0.25, 0.3) is 11.3 Å². The summed E-state index contributed by atoms with van der Waals surface area (Å²) >= 11 is 3.73. The Hall–Kier alpha value is -2.90. The van der Waals surface area contributed by atoms with Gasteiger partial charge in [0.15, 0.2) is 0 Å². The van der Waals surface area contributed by atoms with Gasteiger partial charge in [-0.1, -0.05) is 97.8 Å². The lowest BCUT2D eigenvalue weighted by Crippen LogP contribution is -2.39. The number of nitrogens with zero attached hydrogens (tertiary/aromatic N) is 2. The fourth-order valence-corrected chi connectivity index (χ4v) is 8.25. The lowest BCUT2D eigenvalue weighted by atomic mass is 9.78. The van der Waals surface area contributed by atoms with E-state index in [2.05, 4.69) is 39.9 Å². The highest BCUT2D eigenvalue weighted by Gasteiger charge is 2.42. The minimum absolute atomic E-state index is 0.199. The minimum Gasteiger partial charge on any atom is -0.302 e. The van der Waals surface area contributed by atoms with Crippen LogP contribution in [0, 0.1) is 24.7 Å². The van der Waals surface area contributed by atoms with Gasteiger partial charge >= 0.3 is 0 Å². The van der Waals surface area contributed by atoms with Gasteiger partial charge in [-0.15, -0.1) is 0 Å². The molecule has 0 radical (unpaired) electrons. The molecule has 0 aliphatic heterocycles. The lowest BCUT2D eigenvalue weighted by molar-refractivity contribution is 0.0677. The van der Waals surface area contributed by atoms with Crippen LogP contribution in [0.4, 0.5) is 0 Å². The van der Waals surface area contributed by atoms with Crippen molar-refractivity contribution >= 4 is 33.9 Å². The second-order valence-corrected chi connectivity index (χ2v) is 13.4. The Bertz CT molecular complexity index is 1460. The van der Waals surface area contributed by atoms with Gasteiger partial charge in [0, 0.05) is 16.2 Å². The highest BCUT2D eigenvalue weighted by Crippen LogP contribution is 2.51. The molecule has 1 aliphatic rings. The third kappa shape index (κ3) is 5.99. The van der Waals surface area contributed by atoms with Crippen molar-refractivity contribution in [3.8, 4) is 23.1 Å². The maximum Gasteiger partial charge on any atom is 0.262 e. The van der Waals surface area contributed by atoms with E-state index in [0.717, 1.165) is 47.1 Å². The Labute approximate surface area is 240 Å². The summed E-state index contributed by atoms with van der Waals surface area (Å²) in [6, 6.07) is 29.3. The fraction of sp³-hybridized carbons (Fsp3) is 0.303. The van der Waals surface area contributed by atoms with Crippen LogP contribution in [0.5, 0.6) is 0 Å². The molecule has 0 N–H and O–H groups in total. The molecule has 4 nitrogen and oxygen atoms in total. The van der Waals surface area contributed by atoms with Crippen molar-refractivity contribution in [2.24, 2.45) is 5.92 Å². The molecule has 5 rings (SSSR count). The number of rotatable bonds is 7. The maximum atomic E-state index is 14.9. The molecule has 1 unspecified atom stereocenters. The van der Waals surface area contributed by atoms with E-state index in [1.165, 1.54) is 6.42 Å². The van der Waals surface area contributed by atoms with E-state index in [4.69, 9.17) is 9.62 Å². The van der Waals surface area contributed by atoms with Gasteiger partial charge < -0.3 is 4.52 Å². The molecule has 1 atom stereocenters. The summed E-state index contributed by atoms with van der Waals surface area (Å²) in [4.78, 5) is 0. The molecule has 1 fully saturated rings. The highest BCUT2D eigenvalue weighted by molar-refractivity contribution is 9.10. The average Bonchev–Trinajstić information content (AvgIpc) is 3.27. The summed E-state index contributed by atoms with van der Waals surface area (Å²) in [5.74, 6) is 7.07. The van der Waals surface area contributed by atoms with Crippen LogP contribution < -0.4 is 10.6 Å². The van der Waals surface area contributed by atoms with Gasteiger partial charge in [0.2, 0.25) is 0 Å². The number of benzene rings is 3. The Kier molecular flexibility index (Phi) is 8.57. The summed E-state index contributed by atoms with van der Waals surface area (Å²) < 4.78 is 24.6. The number of hydrogen-bond acceptors (Lipinski definition) is 3. The van der Waals surface area contributed by atoms with E-state index < -0.39 is 13.0 Å². The molecule has 6 heteroatoms. The first-order valence-electron chi connectivity index (χ1n) is 13.6. The smallest absolute Gasteiger partial charge is 0.262 e. The van der Waals surface area contributed by atoms with E-state index in [1.807, 2.05) is 97.4 Å². The predicted octanol–water partition coefficient (Wildman–Crippen LogP) is 7.91. The summed E-state index contributed by atoms with van der Waals surface area (Å²) in [7, 11) is -3.41. The van der Waals surface area contributed by atoms with E-state index in [9.17, 15) is 4.57 Å². The van der Waals surface area contributed by atoms with Gasteiger partial charge in [0.25, 0.3) is 7.37 Å². The number of halogens is 1. The quantitative estimate of drug-likeness (QED) is 0.160. The second kappa shape index (κ2) is 12.1. The van der Waals surface area contributed by atoms with Crippen molar-refractivity contribution in [3.05, 3.63) is 101 Å². The van der Waals surface area contributed by atoms with Gasteiger partial charge in [-0.25, -0.2) is 0 Å². The average molecular weight is 602 g/mol. The Morgan fingerprint density at radius 3 is 2.03 bits per heavy atom. The molecule has 0 spiro atoms. The first-order valence-corrected chi connectivity index (χ1v) is 16.0. The predicted molar refractivity (Wildman–Crippen MR) is 164 cm³/mol. The monoisotopic (exact) mass is 600 g/mol. The molecule has 4 aromatic rings. The van der Waals surface area contributed by atoms with E-state index in [0.29, 0.717) is 17.2 Å². The SMILES string of the molecule is Cc1c(Br)c(-c2ccccc2)nn1CC#CC(C)(OP(=O)(c1ccccc1)c1ccccc1)C1CCCCC1. The standard InChI is InChI=1S/C33H34BrN2O2P/c1-26-31(34)32(27-16-7-3-8-17-27)35-36(26)25-15-24-33(2,28-18-9-4-10-19-28)38-39(37,29-20-11-5-12-21-29)30-22-13-6-14-23-30/h3,5-8,11-14,16-17,20-23,28H,4,9-10,18-19,25H2,1-2H3. The third-order valence-electron chi connectivity index (χ3n) is 7.64. The summed E-state index contributed by atoms with van der Waals surface area (Å²) in [5.41, 5.74) is 2.10. The summed E-state index contributed by atoms with van der Waals surface area (Å²) in [5, 5.41) is 6.24. The highest BCUT2D eigenvalue weighted by atomic mass is 79.9. The van der Waals surface area contributed by atoms with Crippen molar-refractivity contribution in [2.75, 3.05) is 0 Å². The zero-order valence-electron chi connectivity index (χ0n) is 22.5. The van der Waals surface area contributed by atoms with Gasteiger partial charge in [-0.2, -0.15) is 5.10 Å². The van der Waals surface area contributed by atoms with Crippen molar-refractivity contribution < 1.29 is 9.09 Å². The van der Waals surface area contributed by atoms with Crippen LogP contribution in [-0.2, 0) is 15.6 Å². The molecule has 0 saturated heterocycles. The zero-order valence-corrected chi connectivity index (χ0v) is 25.0. The maximum absolute atomic E-state index is 14.9. The van der Waals surface area contributed by atoms with Gasteiger partial charge in [0.1, 0.15) is 17.8 Å². The molecule has 1 aromatic heterocycles. The Morgan fingerprint density at radius 2 is 1.46 bits per heavy atom.